The predicted octanol–water partition coefficient (Wildman–Crippen LogP) is 1.02. The first-order valence-electron chi connectivity index (χ1n) is 2.88. The Morgan fingerprint density at radius 2 is 2.60 bits per heavy atom. The number of carbonyl (C=O) groups is 1. The van der Waals surface area contributed by atoms with Crippen molar-refractivity contribution in [2.75, 3.05) is 0 Å². The van der Waals surface area contributed by atoms with Crippen LogP contribution in [0.3, 0.4) is 0 Å². The summed E-state index contributed by atoms with van der Waals surface area (Å²) in [4.78, 5) is 10.3. The smallest absolute Gasteiger partial charge is 0.303 e. The van der Waals surface area contributed by atoms with Gasteiger partial charge in [-0.1, -0.05) is 6.08 Å². The van der Waals surface area contributed by atoms with Crippen LogP contribution in [-0.4, -0.2) is 12.1 Å². The van der Waals surface area contributed by atoms with Crippen LogP contribution in [-0.2, 0) is 9.53 Å². The fourth-order valence-corrected chi connectivity index (χ4v) is 0.479. The SMILES string of the molecule is C=CCC(C#N)OC(C)=O. The summed E-state index contributed by atoms with van der Waals surface area (Å²) in [6.45, 7) is 4.68. The fourth-order valence-electron chi connectivity index (χ4n) is 0.479. The van der Waals surface area contributed by atoms with E-state index in [2.05, 4.69) is 11.3 Å². The molecule has 0 radical (unpaired) electrons. The molecule has 0 aliphatic carbocycles. The quantitative estimate of drug-likeness (QED) is 0.433. The van der Waals surface area contributed by atoms with Crippen LogP contribution in [0.15, 0.2) is 12.7 Å². The lowest BCUT2D eigenvalue weighted by Gasteiger charge is -2.04. The van der Waals surface area contributed by atoms with Gasteiger partial charge in [0.1, 0.15) is 6.07 Å². The van der Waals surface area contributed by atoms with Gasteiger partial charge in [0.25, 0.3) is 0 Å². The van der Waals surface area contributed by atoms with Crippen LogP contribution in [0.5, 0.6) is 0 Å². The molecule has 0 rings (SSSR count). The molecule has 0 amide bonds. The summed E-state index contributed by atoms with van der Waals surface area (Å²) in [5.74, 6) is -0.437. The van der Waals surface area contributed by atoms with Gasteiger partial charge in [-0.25, -0.2) is 0 Å². The van der Waals surface area contributed by atoms with Crippen LogP contribution in [0.4, 0.5) is 0 Å². The topological polar surface area (TPSA) is 50.1 Å². The highest BCUT2D eigenvalue weighted by molar-refractivity contribution is 5.66. The normalized spacial score (nSPS) is 11.2. The van der Waals surface area contributed by atoms with E-state index in [1.165, 1.54) is 13.0 Å². The molecule has 3 heteroatoms. The van der Waals surface area contributed by atoms with Crippen LogP contribution in [0.25, 0.3) is 0 Å². The minimum Gasteiger partial charge on any atom is -0.447 e. The maximum absolute atomic E-state index is 10.3. The van der Waals surface area contributed by atoms with Gasteiger partial charge in [-0.2, -0.15) is 5.26 Å². The van der Waals surface area contributed by atoms with Crippen molar-refractivity contribution in [1.82, 2.24) is 0 Å². The molecule has 10 heavy (non-hydrogen) atoms. The Labute approximate surface area is 59.9 Å². The van der Waals surface area contributed by atoms with E-state index in [1.54, 1.807) is 0 Å². The maximum Gasteiger partial charge on any atom is 0.303 e. The molecule has 0 saturated carbocycles. The Morgan fingerprint density at radius 3 is 2.90 bits per heavy atom. The minimum absolute atomic E-state index is 0.385. The maximum atomic E-state index is 10.3. The Kier molecular flexibility index (Phi) is 3.97. The number of hydrogen-bond donors (Lipinski definition) is 0. The number of esters is 1. The van der Waals surface area contributed by atoms with Gasteiger partial charge in [-0.3, -0.25) is 4.79 Å². The van der Waals surface area contributed by atoms with E-state index in [0.717, 1.165) is 0 Å². The van der Waals surface area contributed by atoms with Gasteiger partial charge in [0.05, 0.1) is 0 Å². The zero-order chi connectivity index (χ0) is 7.98. The van der Waals surface area contributed by atoms with Crippen molar-refractivity contribution >= 4 is 5.97 Å². The van der Waals surface area contributed by atoms with E-state index in [0.29, 0.717) is 6.42 Å². The average molecular weight is 139 g/mol. The van der Waals surface area contributed by atoms with Gasteiger partial charge in [0.15, 0.2) is 6.10 Å². The molecule has 0 saturated heterocycles. The van der Waals surface area contributed by atoms with Gasteiger partial charge in [0.2, 0.25) is 0 Å². The Morgan fingerprint density at radius 1 is 2.00 bits per heavy atom. The molecule has 3 nitrogen and oxygen atoms in total. The largest absolute Gasteiger partial charge is 0.447 e. The summed E-state index contributed by atoms with van der Waals surface area (Å²) in [7, 11) is 0. The molecular weight excluding hydrogens is 130 g/mol. The highest BCUT2D eigenvalue weighted by Gasteiger charge is 2.06. The van der Waals surface area contributed by atoms with E-state index in [9.17, 15) is 4.79 Å². The number of nitrogens with zero attached hydrogens (tertiary/aromatic N) is 1. The summed E-state index contributed by atoms with van der Waals surface area (Å²) < 4.78 is 4.57. The summed E-state index contributed by atoms with van der Waals surface area (Å²) >= 11 is 0. The van der Waals surface area contributed by atoms with Crippen molar-refractivity contribution in [1.29, 1.82) is 5.26 Å². The third-order valence-corrected chi connectivity index (χ3v) is 0.833. The van der Waals surface area contributed by atoms with Crippen molar-refractivity contribution in [3.63, 3.8) is 0 Å². The van der Waals surface area contributed by atoms with Crippen LogP contribution < -0.4 is 0 Å². The molecule has 0 spiro atoms. The summed E-state index contributed by atoms with van der Waals surface area (Å²) in [6.07, 6.45) is 1.25. The lowest BCUT2D eigenvalue weighted by atomic mass is 10.3. The van der Waals surface area contributed by atoms with E-state index in [4.69, 9.17) is 5.26 Å². The second kappa shape index (κ2) is 4.57. The zero-order valence-corrected chi connectivity index (χ0v) is 5.83. The van der Waals surface area contributed by atoms with E-state index in [1.807, 2.05) is 6.07 Å². The molecule has 0 aliphatic rings. The first kappa shape index (κ1) is 8.70. The van der Waals surface area contributed by atoms with Gasteiger partial charge >= 0.3 is 5.97 Å². The van der Waals surface area contributed by atoms with Crippen molar-refractivity contribution in [3.05, 3.63) is 12.7 Å². The molecule has 1 unspecified atom stereocenters. The van der Waals surface area contributed by atoms with Gasteiger partial charge in [-0.05, 0) is 0 Å². The number of carbonyl (C=O) groups excluding carboxylic acids is 1. The summed E-state index contributed by atoms with van der Waals surface area (Å²) in [5.41, 5.74) is 0. The highest BCUT2D eigenvalue weighted by Crippen LogP contribution is 1.97. The molecule has 0 aliphatic heterocycles. The molecular formula is C7H9NO2. The number of rotatable bonds is 3. The summed E-state index contributed by atoms with van der Waals surface area (Å²) in [5, 5.41) is 8.33. The van der Waals surface area contributed by atoms with Gasteiger partial charge < -0.3 is 4.74 Å². The first-order valence-corrected chi connectivity index (χ1v) is 2.88. The Hall–Kier alpha value is -1.30. The van der Waals surface area contributed by atoms with Crippen LogP contribution in [0.2, 0.25) is 0 Å². The molecule has 0 bridgehead atoms. The van der Waals surface area contributed by atoms with Gasteiger partial charge in [0, 0.05) is 13.3 Å². The molecule has 0 aromatic rings. The van der Waals surface area contributed by atoms with E-state index >= 15 is 0 Å². The summed E-state index contributed by atoms with van der Waals surface area (Å²) in [6, 6.07) is 1.82. The lowest BCUT2D eigenvalue weighted by Crippen LogP contribution is -2.12. The highest BCUT2D eigenvalue weighted by atomic mass is 16.5. The van der Waals surface area contributed by atoms with E-state index in [-0.39, 0.29) is 0 Å². The molecule has 0 fully saturated rings. The zero-order valence-electron chi connectivity index (χ0n) is 5.83. The standard InChI is InChI=1S/C7H9NO2/c1-3-4-7(5-8)10-6(2)9/h3,7H,1,4H2,2H3. The van der Waals surface area contributed by atoms with Crippen LogP contribution in [0.1, 0.15) is 13.3 Å². The van der Waals surface area contributed by atoms with Crippen LogP contribution >= 0.6 is 0 Å². The number of ether oxygens (including phenoxy) is 1. The second-order valence-electron chi connectivity index (χ2n) is 1.75. The molecule has 54 valence electrons. The predicted molar refractivity (Wildman–Crippen MR) is 36.0 cm³/mol. The minimum atomic E-state index is -0.671. The Balaban J connectivity index is 3.74. The first-order chi connectivity index (χ1) is 4.70. The van der Waals surface area contributed by atoms with Crippen LogP contribution in [0, 0.1) is 11.3 Å². The average Bonchev–Trinajstić information content (AvgIpc) is 1.86. The van der Waals surface area contributed by atoms with Crippen molar-refractivity contribution in [2.45, 2.75) is 19.4 Å². The van der Waals surface area contributed by atoms with E-state index < -0.39 is 12.1 Å². The molecule has 0 aromatic carbocycles. The van der Waals surface area contributed by atoms with Crippen molar-refractivity contribution in [2.24, 2.45) is 0 Å². The van der Waals surface area contributed by atoms with Crippen molar-refractivity contribution in [3.8, 4) is 6.07 Å². The molecule has 0 N–H and O–H groups in total. The molecule has 0 aromatic heterocycles. The van der Waals surface area contributed by atoms with Gasteiger partial charge in [-0.15, -0.1) is 6.58 Å². The third-order valence-electron chi connectivity index (χ3n) is 0.833. The molecule has 0 heterocycles. The fraction of sp³-hybridized carbons (Fsp3) is 0.429. The molecule has 1 atom stereocenters. The van der Waals surface area contributed by atoms with Crippen molar-refractivity contribution < 1.29 is 9.53 Å². The second-order valence-corrected chi connectivity index (χ2v) is 1.75. The number of nitriles is 1. The third kappa shape index (κ3) is 3.67. The lowest BCUT2D eigenvalue weighted by molar-refractivity contribution is -0.143. The monoisotopic (exact) mass is 139 g/mol. The number of hydrogen-bond acceptors (Lipinski definition) is 3. The Bertz CT molecular complexity index is 169.